The molecule has 1 aliphatic heterocycles. The Morgan fingerprint density at radius 3 is 3.08 bits per heavy atom. The fraction of sp³-hybridized carbons (Fsp3) is 0.455. The Hall–Kier alpha value is -1.02. The van der Waals surface area contributed by atoms with Crippen LogP contribution in [-0.2, 0) is 0 Å². The van der Waals surface area contributed by atoms with Crippen molar-refractivity contribution in [1.29, 1.82) is 0 Å². The Bertz CT molecular complexity index is 296. The van der Waals surface area contributed by atoms with Crippen molar-refractivity contribution in [2.75, 3.05) is 25.0 Å². The van der Waals surface area contributed by atoms with Crippen molar-refractivity contribution in [3.63, 3.8) is 0 Å². The Labute approximate surface area is 79.6 Å². The SMILES string of the molecule is CNCC1CN1c1cccc(C)c1. The van der Waals surface area contributed by atoms with E-state index < -0.39 is 0 Å². The Balaban J connectivity index is 2.03. The first-order chi connectivity index (χ1) is 6.31. The van der Waals surface area contributed by atoms with Crippen LogP contribution in [0.4, 0.5) is 5.69 Å². The zero-order valence-corrected chi connectivity index (χ0v) is 8.25. The molecule has 0 amide bonds. The molecule has 1 unspecified atom stereocenters. The van der Waals surface area contributed by atoms with Crippen molar-refractivity contribution in [2.24, 2.45) is 0 Å². The predicted molar refractivity (Wildman–Crippen MR) is 56.2 cm³/mol. The lowest BCUT2D eigenvalue weighted by atomic mass is 10.2. The quantitative estimate of drug-likeness (QED) is 0.700. The average molecular weight is 176 g/mol. The standard InChI is InChI=1S/C11H16N2/c1-9-4-3-5-10(6-9)13-8-11(13)7-12-2/h3-6,11-12H,7-8H2,1-2H3. The molecule has 0 spiro atoms. The number of anilines is 1. The second kappa shape index (κ2) is 3.38. The molecule has 2 heteroatoms. The summed E-state index contributed by atoms with van der Waals surface area (Å²) in [7, 11) is 2.01. The van der Waals surface area contributed by atoms with Crippen LogP contribution < -0.4 is 10.2 Å². The lowest BCUT2D eigenvalue weighted by molar-refractivity contribution is 0.791. The van der Waals surface area contributed by atoms with Crippen LogP contribution in [0.3, 0.4) is 0 Å². The maximum Gasteiger partial charge on any atom is 0.0590 e. The van der Waals surface area contributed by atoms with E-state index in [1.165, 1.54) is 17.8 Å². The Kier molecular flexibility index (Phi) is 2.23. The molecule has 2 rings (SSSR count). The molecule has 1 aromatic rings. The summed E-state index contributed by atoms with van der Waals surface area (Å²) in [6.07, 6.45) is 0. The molecule has 1 aliphatic rings. The van der Waals surface area contributed by atoms with Gasteiger partial charge in [-0.05, 0) is 31.7 Å². The van der Waals surface area contributed by atoms with E-state index in [1.807, 2.05) is 7.05 Å². The number of hydrogen-bond acceptors (Lipinski definition) is 2. The maximum absolute atomic E-state index is 3.20. The monoisotopic (exact) mass is 176 g/mol. The van der Waals surface area contributed by atoms with Crippen molar-refractivity contribution in [1.82, 2.24) is 5.32 Å². The minimum absolute atomic E-state index is 0.715. The summed E-state index contributed by atoms with van der Waals surface area (Å²) in [6.45, 7) is 4.43. The lowest BCUT2D eigenvalue weighted by Gasteiger charge is -2.05. The maximum atomic E-state index is 3.20. The van der Waals surface area contributed by atoms with Gasteiger partial charge in [0.1, 0.15) is 0 Å². The van der Waals surface area contributed by atoms with Crippen LogP contribution in [0.2, 0.25) is 0 Å². The van der Waals surface area contributed by atoms with E-state index >= 15 is 0 Å². The second-order valence-electron chi connectivity index (χ2n) is 3.70. The summed E-state index contributed by atoms with van der Waals surface area (Å²) in [4.78, 5) is 2.42. The lowest BCUT2D eigenvalue weighted by Crippen LogP contribution is -2.17. The summed E-state index contributed by atoms with van der Waals surface area (Å²) >= 11 is 0. The van der Waals surface area contributed by atoms with Crippen LogP contribution in [0.5, 0.6) is 0 Å². The Morgan fingerprint density at radius 2 is 2.38 bits per heavy atom. The molecule has 0 saturated carbocycles. The zero-order chi connectivity index (χ0) is 9.26. The van der Waals surface area contributed by atoms with Gasteiger partial charge in [-0.2, -0.15) is 0 Å². The van der Waals surface area contributed by atoms with Crippen molar-refractivity contribution in [2.45, 2.75) is 13.0 Å². The molecule has 1 aromatic carbocycles. The van der Waals surface area contributed by atoms with Crippen LogP contribution in [0.1, 0.15) is 5.56 Å². The van der Waals surface area contributed by atoms with Crippen molar-refractivity contribution < 1.29 is 0 Å². The Morgan fingerprint density at radius 1 is 1.54 bits per heavy atom. The number of nitrogens with zero attached hydrogens (tertiary/aromatic N) is 1. The molecule has 70 valence electrons. The van der Waals surface area contributed by atoms with Gasteiger partial charge in [0, 0.05) is 18.8 Å². The second-order valence-corrected chi connectivity index (χ2v) is 3.70. The minimum Gasteiger partial charge on any atom is -0.363 e. The first-order valence-electron chi connectivity index (χ1n) is 4.79. The molecule has 1 N–H and O–H groups in total. The van der Waals surface area contributed by atoms with Gasteiger partial charge < -0.3 is 10.2 Å². The van der Waals surface area contributed by atoms with Crippen molar-refractivity contribution in [3.05, 3.63) is 29.8 Å². The van der Waals surface area contributed by atoms with E-state index in [9.17, 15) is 0 Å². The first-order valence-corrected chi connectivity index (χ1v) is 4.79. The molecular formula is C11H16N2. The first kappa shape index (κ1) is 8.57. The fourth-order valence-corrected chi connectivity index (χ4v) is 1.71. The van der Waals surface area contributed by atoms with E-state index in [-0.39, 0.29) is 0 Å². The minimum atomic E-state index is 0.715. The normalized spacial score (nSPS) is 20.5. The molecular weight excluding hydrogens is 160 g/mol. The summed E-state index contributed by atoms with van der Waals surface area (Å²) in [5.41, 5.74) is 2.70. The van der Waals surface area contributed by atoms with E-state index in [4.69, 9.17) is 0 Å². The number of rotatable bonds is 3. The third kappa shape index (κ3) is 1.83. The van der Waals surface area contributed by atoms with Gasteiger partial charge in [0.05, 0.1) is 6.04 Å². The molecule has 1 heterocycles. The number of nitrogens with one attached hydrogen (secondary N) is 1. The third-order valence-electron chi connectivity index (χ3n) is 2.49. The number of benzene rings is 1. The third-order valence-corrected chi connectivity index (χ3v) is 2.49. The highest BCUT2D eigenvalue weighted by molar-refractivity contribution is 5.55. The molecule has 1 saturated heterocycles. The van der Waals surface area contributed by atoms with Gasteiger partial charge in [0.25, 0.3) is 0 Å². The molecule has 0 bridgehead atoms. The number of aryl methyl sites for hydroxylation is 1. The smallest absolute Gasteiger partial charge is 0.0590 e. The number of likely N-dealkylation sites (N-methyl/N-ethyl adjacent to an activating group) is 1. The summed E-state index contributed by atoms with van der Waals surface area (Å²) in [5, 5.41) is 3.20. The zero-order valence-electron chi connectivity index (χ0n) is 8.25. The van der Waals surface area contributed by atoms with Gasteiger partial charge in [-0.15, -0.1) is 0 Å². The van der Waals surface area contributed by atoms with Gasteiger partial charge >= 0.3 is 0 Å². The molecule has 2 nitrogen and oxygen atoms in total. The summed E-state index contributed by atoms with van der Waals surface area (Å²) in [5.74, 6) is 0. The van der Waals surface area contributed by atoms with Gasteiger partial charge in [0.15, 0.2) is 0 Å². The van der Waals surface area contributed by atoms with E-state index in [2.05, 4.69) is 41.4 Å². The largest absolute Gasteiger partial charge is 0.363 e. The average Bonchev–Trinajstić information content (AvgIpc) is 2.85. The van der Waals surface area contributed by atoms with Crippen molar-refractivity contribution >= 4 is 5.69 Å². The van der Waals surface area contributed by atoms with Gasteiger partial charge in [0.2, 0.25) is 0 Å². The van der Waals surface area contributed by atoms with Crippen molar-refractivity contribution in [3.8, 4) is 0 Å². The van der Waals surface area contributed by atoms with Crippen LogP contribution in [0.15, 0.2) is 24.3 Å². The molecule has 13 heavy (non-hydrogen) atoms. The highest BCUT2D eigenvalue weighted by Gasteiger charge is 2.32. The molecule has 1 atom stereocenters. The van der Waals surface area contributed by atoms with Crippen LogP contribution in [0.25, 0.3) is 0 Å². The van der Waals surface area contributed by atoms with Crippen LogP contribution >= 0.6 is 0 Å². The number of hydrogen-bond donors (Lipinski definition) is 1. The molecule has 0 aromatic heterocycles. The molecule has 0 aliphatic carbocycles. The van der Waals surface area contributed by atoms with Gasteiger partial charge in [-0.3, -0.25) is 0 Å². The van der Waals surface area contributed by atoms with Crippen LogP contribution in [0, 0.1) is 6.92 Å². The van der Waals surface area contributed by atoms with Crippen LogP contribution in [-0.4, -0.2) is 26.2 Å². The predicted octanol–water partition coefficient (Wildman–Crippen LogP) is 1.40. The highest BCUT2D eigenvalue weighted by atomic mass is 15.3. The molecule has 1 fully saturated rings. The fourth-order valence-electron chi connectivity index (χ4n) is 1.71. The van der Waals surface area contributed by atoms with E-state index in [1.54, 1.807) is 0 Å². The van der Waals surface area contributed by atoms with E-state index in [0.29, 0.717) is 6.04 Å². The van der Waals surface area contributed by atoms with E-state index in [0.717, 1.165) is 6.54 Å². The van der Waals surface area contributed by atoms with Gasteiger partial charge in [-0.25, -0.2) is 0 Å². The van der Waals surface area contributed by atoms with Gasteiger partial charge in [-0.1, -0.05) is 12.1 Å². The highest BCUT2D eigenvalue weighted by Crippen LogP contribution is 2.27. The topological polar surface area (TPSA) is 15.0 Å². The molecule has 0 radical (unpaired) electrons. The summed E-state index contributed by atoms with van der Waals surface area (Å²) < 4.78 is 0. The summed E-state index contributed by atoms with van der Waals surface area (Å²) in [6, 6.07) is 9.41.